The summed E-state index contributed by atoms with van der Waals surface area (Å²) in [5.41, 5.74) is 5.51. The average Bonchev–Trinajstić information content (AvgIpc) is 2.44. The molecule has 13 heavy (non-hydrogen) atoms. The zero-order valence-corrected chi connectivity index (χ0v) is 8.18. The van der Waals surface area contributed by atoms with Crippen LogP contribution in [-0.2, 0) is 4.79 Å². The van der Waals surface area contributed by atoms with Gasteiger partial charge in [0.1, 0.15) is 6.04 Å². The second kappa shape index (κ2) is 3.56. The molecular weight excluding hydrogens is 190 g/mol. The van der Waals surface area contributed by atoms with Crippen LogP contribution in [-0.4, -0.2) is 27.7 Å². The number of anilines is 1. The van der Waals surface area contributed by atoms with Crippen molar-refractivity contribution in [2.45, 2.75) is 13.0 Å². The van der Waals surface area contributed by atoms with Crippen molar-refractivity contribution < 1.29 is 4.79 Å². The van der Waals surface area contributed by atoms with E-state index in [-0.39, 0.29) is 11.9 Å². The molecule has 0 aromatic carbocycles. The molecule has 7 heteroatoms. The van der Waals surface area contributed by atoms with Gasteiger partial charge in [-0.3, -0.25) is 9.36 Å². The van der Waals surface area contributed by atoms with Crippen molar-refractivity contribution in [2.75, 3.05) is 12.8 Å². The van der Waals surface area contributed by atoms with Crippen LogP contribution in [0, 0.1) is 4.77 Å². The Morgan fingerprint density at radius 1 is 1.85 bits per heavy atom. The molecule has 0 bridgehead atoms. The topological polar surface area (TPSA) is 88.7 Å². The third-order valence-electron chi connectivity index (χ3n) is 1.74. The lowest BCUT2D eigenvalue weighted by Crippen LogP contribution is -2.28. The van der Waals surface area contributed by atoms with E-state index in [1.807, 2.05) is 0 Å². The number of nitrogens with zero attached hydrogens (tertiary/aromatic N) is 2. The summed E-state index contributed by atoms with van der Waals surface area (Å²) in [6, 6.07) is -0.448. The lowest BCUT2D eigenvalue weighted by atomic mass is 10.3. The van der Waals surface area contributed by atoms with Crippen molar-refractivity contribution in [3.8, 4) is 0 Å². The summed E-state index contributed by atoms with van der Waals surface area (Å²) in [7, 11) is 1.55. The molecule has 72 valence electrons. The highest BCUT2D eigenvalue weighted by Gasteiger charge is 2.16. The third kappa shape index (κ3) is 1.69. The van der Waals surface area contributed by atoms with E-state index in [0.717, 1.165) is 0 Å². The fourth-order valence-corrected chi connectivity index (χ4v) is 1.31. The Bertz CT molecular complexity index is 367. The van der Waals surface area contributed by atoms with Gasteiger partial charge in [0.15, 0.2) is 4.77 Å². The smallest absolute Gasteiger partial charge is 0.242 e. The maximum absolute atomic E-state index is 11.2. The van der Waals surface area contributed by atoms with Crippen molar-refractivity contribution in [1.29, 1.82) is 0 Å². The van der Waals surface area contributed by atoms with Crippen LogP contribution in [0.15, 0.2) is 0 Å². The van der Waals surface area contributed by atoms with Crippen LogP contribution >= 0.6 is 12.2 Å². The first-order valence-corrected chi connectivity index (χ1v) is 4.12. The van der Waals surface area contributed by atoms with E-state index >= 15 is 0 Å². The van der Waals surface area contributed by atoms with E-state index in [0.29, 0.717) is 4.77 Å². The molecule has 0 saturated heterocycles. The summed E-state index contributed by atoms with van der Waals surface area (Å²) in [6.07, 6.45) is 0. The van der Waals surface area contributed by atoms with Gasteiger partial charge in [0.25, 0.3) is 0 Å². The van der Waals surface area contributed by atoms with Crippen molar-refractivity contribution >= 4 is 24.1 Å². The van der Waals surface area contributed by atoms with Crippen LogP contribution < -0.4 is 11.1 Å². The lowest BCUT2D eigenvalue weighted by Gasteiger charge is -2.11. The van der Waals surface area contributed by atoms with E-state index in [9.17, 15) is 4.79 Å². The first kappa shape index (κ1) is 9.72. The number of hydrogen-bond acceptors (Lipinski definition) is 4. The van der Waals surface area contributed by atoms with Gasteiger partial charge in [-0.25, -0.2) is 5.10 Å². The normalized spacial score (nSPS) is 12.5. The van der Waals surface area contributed by atoms with Crippen LogP contribution in [0.1, 0.15) is 13.0 Å². The largest absolute Gasteiger partial charge is 0.368 e. The van der Waals surface area contributed by atoms with Gasteiger partial charge in [0.2, 0.25) is 11.9 Å². The molecule has 0 aliphatic rings. The molecule has 0 aliphatic heterocycles. The third-order valence-corrected chi connectivity index (χ3v) is 2.03. The summed E-state index contributed by atoms with van der Waals surface area (Å²) in [6.45, 7) is 1.69. The molecule has 0 spiro atoms. The molecule has 0 fully saturated rings. The minimum absolute atomic E-state index is 0.163. The van der Waals surface area contributed by atoms with Gasteiger partial charge in [-0.2, -0.15) is 0 Å². The summed E-state index contributed by atoms with van der Waals surface area (Å²) in [5, 5.41) is 8.71. The summed E-state index contributed by atoms with van der Waals surface area (Å²) < 4.78 is 1.79. The molecule has 0 saturated carbocycles. The van der Waals surface area contributed by atoms with Crippen LogP contribution in [0.3, 0.4) is 0 Å². The standard InChI is InChI=1S/C6H11N5OS/c1-3(4(12)8-2)11-5(7)9-10-6(11)13/h3H,1-2H3,(H2,7,9)(H,8,12)(H,10,13). The van der Waals surface area contributed by atoms with Crippen molar-refractivity contribution in [3.63, 3.8) is 0 Å². The van der Waals surface area contributed by atoms with Crippen molar-refractivity contribution in [3.05, 3.63) is 4.77 Å². The first-order valence-electron chi connectivity index (χ1n) is 3.72. The molecule has 4 N–H and O–H groups in total. The summed E-state index contributed by atoms with van der Waals surface area (Å²) >= 11 is 4.90. The second-order valence-electron chi connectivity index (χ2n) is 2.55. The van der Waals surface area contributed by atoms with E-state index < -0.39 is 6.04 Å². The van der Waals surface area contributed by atoms with Gasteiger partial charge >= 0.3 is 0 Å². The highest BCUT2D eigenvalue weighted by Crippen LogP contribution is 2.10. The number of aromatic nitrogens is 3. The molecule has 1 aromatic heterocycles. The number of carbonyl (C=O) groups excluding carboxylic acids is 1. The zero-order chi connectivity index (χ0) is 10.0. The quantitative estimate of drug-likeness (QED) is 0.580. The number of carbonyl (C=O) groups is 1. The number of hydrogen-bond donors (Lipinski definition) is 3. The van der Waals surface area contributed by atoms with Crippen LogP contribution in [0.2, 0.25) is 0 Å². The van der Waals surface area contributed by atoms with Gasteiger partial charge in [-0.05, 0) is 19.1 Å². The molecule has 1 atom stereocenters. The maximum atomic E-state index is 11.2. The highest BCUT2D eigenvalue weighted by molar-refractivity contribution is 7.71. The SMILES string of the molecule is CNC(=O)C(C)n1c(N)n[nH]c1=S. The van der Waals surface area contributed by atoms with E-state index in [2.05, 4.69) is 15.5 Å². The molecule has 1 aromatic rings. The Labute approximate surface area is 80.1 Å². The van der Waals surface area contributed by atoms with Crippen LogP contribution in [0.25, 0.3) is 0 Å². The molecule has 1 unspecified atom stereocenters. The monoisotopic (exact) mass is 201 g/mol. The average molecular weight is 201 g/mol. The van der Waals surface area contributed by atoms with Crippen LogP contribution in [0.5, 0.6) is 0 Å². The van der Waals surface area contributed by atoms with Crippen LogP contribution in [0.4, 0.5) is 5.95 Å². The fraction of sp³-hybridized carbons (Fsp3) is 0.500. The predicted octanol–water partition coefficient (Wildman–Crippen LogP) is -0.170. The minimum atomic E-state index is -0.448. The number of H-pyrrole nitrogens is 1. The predicted molar refractivity (Wildman–Crippen MR) is 50.6 cm³/mol. The molecule has 6 nitrogen and oxygen atoms in total. The molecule has 0 radical (unpaired) electrons. The van der Waals surface area contributed by atoms with E-state index in [1.165, 1.54) is 4.57 Å². The zero-order valence-electron chi connectivity index (χ0n) is 7.37. The van der Waals surface area contributed by atoms with E-state index in [1.54, 1.807) is 14.0 Å². The molecular formula is C6H11N5OS. The minimum Gasteiger partial charge on any atom is -0.368 e. The van der Waals surface area contributed by atoms with E-state index in [4.69, 9.17) is 18.0 Å². The van der Waals surface area contributed by atoms with Gasteiger partial charge in [-0.15, -0.1) is 5.10 Å². The molecule has 0 aliphatic carbocycles. The number of aromatic amines is 1. The number of amides is 1. The number of nitrogen functional groups attached to an aromatic ring is 1. The number of nitrogens with one attached hydrogen (secondary N) is 2. The number of nitrogens with two attached hydrogens (primary N) is 1. The van der Waals surface area contributed by atoms with Crippen molar-refractivity contribution in [2.24, 2.45) is 0 Å². The van der Waals surface area contributed by atoms with Crippen molar-refractivity contribution in [1.82, 2.24) is 20.1 Å². The van der Waals surface area contributed by atoms with Gasteiger partial charge < -0.3 is 11.1 Å². The highest BCUT2D eigenvalue weighted by atomic mass is 32.1. The Kier molecular flexibility index (Phi) is 2.66. The van der Waals surface area contributed by atoms with Gasteiger partial charge in [0, 0.05) is 7.05 Å². The Hall–Kier alpha value is -1.37. The van der Waals surface area contributed by atoms with Gasteiger partial charge in [-0.1, -0.05) is 0 Å². The Morgan fingerprint density at radius 3 is 2.85 bits per heavy atom. The second-order valence-corrected chi connectivity index (χ2v) is 2.93. The Balaban J connectivity index is 3.07. The van der Waals surface area contributed by atoms with Gasteiger partial charge in [0.05, 0.1) is 0 Å². The maximum Gasteiger partial charge on any atom is 0.242 e. The molecule has 1 amide bonds. The first-order chi connectivity index (χ1) is 6.07. The number of likely N-dealkylation sites (N-methyl/N-ethyl adjacent to an activating group) is 1. The summed E-state index contributed by atoms with van der Waals surface area (Å²) in [5.74, 6) is 0.0466. The molecule has 1 rings (SSSR count). The fourth-order valence-electron chi connectivity index (χ4n) is 1.02. The Morgan fingerprint density at radius 2 is 2.46 bits per heavy atom. The lowest BCUT2D eigenvalue weighted by molar-refractivity contribution is -0.123. The molecule has 1 heterocycles. The number of rotatable bonds is 2. The summed E-state index contributed by atoms with van der Waals surface area (Å²) in [4.78, 5) is 11.2.